The molecule has 0 bridgehead atoms. The van der Waals surface area contributed by atoms with E-state index < -0.39 is 15.1 Å². The number of nitrogens with two attached hydrogens (primary N) is 1. The summed E-state index contributed by atoms with van der Waals surface area (Å²) in [6.07, 6.45) is 1.63. The first-order chi connectivity index (χ1) is 18.0. The van der Waals surface area contributed by atoms with Crippen molar-refractivity contribution in [2.75, 3.05) is 12.8 Å². The molecule has 0 radical (unpaired) electrons. The van der Waals surface area contributed by atoms with Gasteiger partial charge in [0, 0.05) is 25.0 Å². The monoisotopic (exact) mass is 561 g/mol. The van der Waals surface area contributed by atoms with Crippen molar-refractivity contribution < 1.29 is 24.2 Å². The summed E-state index contributed by atoms with van der Waals surface area (Å²) in [4.78, 5) is 17.4. The van der Waals surface area contributed by atoms with E-state index in [1.165, 1.54) is 0 Å². The van der Waals surface area contributed by atoms with Gasteiger partial charge in [0.15, 0.2) is 0 Å². The standard InChI is InChI=1S/C27H24F5N5OS/c1-16(17-4-6-18(7-5-17)19-8-11-21(12-9-19)39(28,29,30,31)32)36(2)27(38)20-10-13-24-22(14-20)25-23(26(33)35-24)15-34-37(25)3/h4-16H,1-3H3,(H2,33,35)/t16-/m1/s1. The second-order valence-corrected chi connectivity index (χ2v) is 11.9. The Hall–Kier alpha value is -4.19. The van der Waals surface area contributed by atoms with Crippen molar-refractivity contribution in [1.82, 2.24) is 19.7 Å². The third-order valence-electron chi connectivity index (χ3n) is 6.88. The van der Waals surface area contributed by atoms with Crippen LogP contribution >= 0.6 is 10.2 Å². The number of anilines is 1. The molecule has 204 valence electrons. The first-order valence-electron chi connectivity index (χ1n) is 11.8. The van der Waals surface area contributed by atoms with E-state index in [2.05, 4.69) is 10.1 Å². The maximum absolute atomic E-state index is 13.4. The number of fused-ring (bicyclic) bond motifs is 3. The van der Waals surface area contributed by atoms with Crippen molar-refractivity contribution >= 4 is 43.8 Å². The summed E-state index contributed by atoms with van der Waals surface area (Å²) in [6.45, 7) is 1.85. The number of hydrogen-bond donors (Lipinski definition) is 1. The summed E-state index contributed by atoms with van der Waals surface area (Å²) < 4.78 is 66.7. The molecule has 39 heavy (non-hydrogen) atoms. The molecular formula is C27H24F5N5OS. The van der Waals surface area contributed by atoms with Crippen molar-refractivity contribution in [3.63, 3.8) is 0 Å². The van der Waals surface area contributed by atoms with Crippen LogP contribution in [-0.2, 0) is 7.05 Å². The molecular weight excluding hydrogens is 537 g/mol. The molecule has 0 saturated carbocycles. The Morgan fingerprint density at radius 2 is 1.51 bits per heavy atom. The molecule has 0 saturated heterocycles. The van der Waals surface area contributed by atoms with Gasteiger partial charge in [-0.15, -0.1) is 0 Å². The molecule has 0 fully saturated rings. The van der Waals surface area contributed by atoms with Crippen molar-refractivity contribution in [1.29, 1.82) is 0 Å². The zero-order valence-electron chi connectivity index (χ0n) is 21.1. The fourth-order valence-electron chi connectivity index (χ4n) is 4.55. The Morgan fingerprint density at radius 1 is 0.923 bits per heavy atom. The number of pyridine rings is 1. The van der Waals surface area contributed by atoms with Crippen LogP contribution in [0.1, 0.15) is 28.9 Å². The fourth-order valence-corrected chi connectivity index (χ4v) is 5.20. The van der Waals surface area contributed by atoms with Gasteiger partial charge in [0.05, 0.1) is 28.7 Å². The number of carbonyl (C=O) groups is 1. The van der Waals surface area contributed by atoms with Gasteiger partial charge in [-0.05, 0) is 53.9 Å². The van der Waals surface area contributed by atoms with Crippen molar-refractivity contribution in [3.05, 3.63) is 84.1 Å². The topological polar surface area (TPSA) is 77.0 Å². The van der Waals surface area contributed by atoms with E-state index in [1.54, 1.807) is 72.3 Å². The molecule has 5 rings (SSSR count). The Morgan fingerprint density at radius 3 is 2.10 bits per heavy atom. The molecule has 12 heteroatoms. The SMILES string of the molecule is C[C@H](c1ccc(-c2ccc(S(F)(F)(F)(F)F)cc2)cc1)N(C)C(=O)c1ccc2nc(N)c3cnn(C)c3c2c1. The van der Waals surface area contributed by atoms with Crippen molar-refractivity contribution in [2.24, 2.45) is 7.05 Å². The average Bonchev–Trinajstić information content (AvgIpc) is 3.28. The van der Waals surface area contributed by atoms with Crippen LogP contribution in [-0.4, -0.2) is 32.6 Å². The minimum absolute atomic E-state index is 0.229. The summed E-state index contributed by atoms with van der Waals surface area (Å²) >= 11 is 0. The lowest BCUT2D eigenvalue weighted by molar-refractivity contribution is 0.0742. The minimum Gasteiger partial charge on any atom is -0.383 e. The zero-order valence-corrected chi connectivity index (χ0v) is 21.9. The number of rotatable bonds is 5. The van der Waals surface area contributed by atoms with E-state index >= 15 is 0 Å². The van der Waals surface area contributed by atoms with Gasteiger partial charge in [-0.1, -0.05) is 55.8 Å². The molecule has 2 heterocycles. The van der Waals surface area contributed by atoms with E-state index in [9.17, 15) is 24.2 Å². The Bertz CT molecular complexity index is 1750. The van der Waals surface area contributed by atoms with Crippen LogP contribution in [0, 0.1) is 0 Å². The van der Waals surface area contributed by atoms with Gasteiger partial charge < -0.3 is 10.6 Å². The van der Waals surface area contributed by atoms with Crippen LogP contribution in [0.2, 0.25) is 0 Å². The van der Waals surface area contributed by atoms with Crippen LogP contribution in [0.25, 0.3) is 32.9 Å². The predicted molar refractivity (Wildman–Crippen MR) is 144 cm³/mol. The van der Waals surface area contributed by atoms with Crippen LogP contribution in [0.3, 0.4) is 0 Å². The summed E-state index contributed by atoms with van der Waals surface area (Å²) in [6, 6.07) is 14.5. The Labute approximate surface area is 220 Å². The predicted octanol–water partition coefficient (Wildman–Crippen LogP) is 7.86. The Balaban J connectivity index is 1.38. The number of carbonyl (C=O) groups excluding carboxylic acids is 1. The second kappa shape index (κ2) is 8.15. The quantitative estimate of drug-likeness (QED) is 0.222. The summed E-state index contributed by atoms with van der Waals surface area (Å²) in [5.74, 6) is 0.126. The van der Waals surface area contributed by atoms with Gasteiger partial charge in [0.25, 0.3) is 5.91 Å². The number of halogens is 5. The minimum atomic E-state index is -9.73. The smallest absolute Gasteiger partial charge is 0.310 e. The van der Waals surface area contributed by atoms with Gasteiger partial charge in [-0.3, -0.25) is 9.48 Å². The molecule has 0 spiro atoms. The molecule has 0 aliphatic rings. The molecule has 1 atom stereocenters. The molecule has 1 amide bonds. The number of nitrogen functional groups attached to an aromatic ring is 1. The molecule has 0 aliphatic carbocycles. The van der Waals surface area contributed by atoms with Crippen LogP contribution < -0.4 is 5.73 Å². The van der Waals surface area contributed by atoms with Crippen LogP contribution in [0.5, 0.6) is 0 Å². The third kappa shape index (κ3) is 4.87. The first-order valence-corrected chi connectivity index (χ1v) is 13.7. The van der Waals surface area contributed by atoms with E-state index in [4.69, 9.17) is 5.73 Å². The second-order valence-electron chi connectivity index (χ2n) is 9.47. The number of nitrogens with zero attached hydrogens (tertiary/aromatic N) is 4. The number of aryl methyl sites for hydroxylation is 1. The first kappa shape index (κ1) is 26.4. The maximum atomic E-state index is 13.4. The van der Waals surface area contributed by atoms with Gasteiger partial charge in [0.1, 0.15) is 10.7 Å². The number of benzene rings is 3. The number of hydrogen-bond acceptors (Lipinski definition) is 4. The largest absolute Gasteiger partial charge is 0.383 e. The van der Waals surface area contributed by atoms with Crippen LogP contribution in [0.15, 0.2) is 77.8 Å². The number of amides is 1. The molecule has 3 aromatic carbocycles. The van der Waals surface area contributed by atoms with Gasteiger partial charge in [-0.2, -0.15) is 5.10 Å². The van der Waals surface area contributed by atoms with Gasteiger partial charge in [-0.25, -0.2) is 4.98 Å². The summed E-state index contributed by atoms with van der Waals surface area (Å²) in [5.41, 5.74) is 9.60. The lowest BCUT2D eigenvalue weighted by Crippen LogP contribution is -2.29. The van der Waals surface area contributed by atoms with Crippen LogP contribution in [0.4, 0.5) is 25.2 Å². The normalized spacial score (nSPS) is 14.7. The lowest BCUT2D eigenvalue weighted by atomic mass is 10.0. The highest BCUT2D eigenvalue weighted by Gasteiger charge is 2.65. The highest BCUT2D eigenvalue weighted by molar-refractivity contribution is 8.45. The van der Waals surface area contributed by atoms with E-state index in [1.807, 2.05) is 6.92 Å². The highest BCUT2D eigenvalue weighted by atomic mass is 32.5. The van der Waals surface area contributed by atoms with Gasteiger partial charge >= 0.3 is 10.2 Å². The summed E-state index contributed by atoms with van der Waals surface area (Å²) in [7, 11) is -6.27. The summed E-state index contributed by atoms with van der Waals surface area (Å²) in [5, 5.41) is 5.69. The Kier molecular flexibility index (Phi) is 5.52. The molecule has 0 unspecified atom stereocenters. The third-order valence-corrected chi connectivity index (χ3v) is 8.04. The molecule has 2 aromatic heterocycles. The number of aromatic nitrogens is 3. The van der Waals surface area contributed by atoms with E-state index in [0.717, 1.165) is 28.6 Å². The van der Waals surface area contributed by atoms with Crippen molar-refractivity contribution in [2.45, 2.75) is 17.9 Å². The van der Waals surface area contributed by atoms with Crippen molar-refractivity contribution in [3.8, 4) is 11.1 Å². The molecule has 6 nitrogen and oxygen atoms in total. The highest BCUT2D eigenvalue weighted by Crippen LogP contribution is 3.02. The average molecular weight is 562 g/mol. The lowest BCUT2D eigenvalue weighted by Gasteiger charge is -2.40. The fraction of sp³-hybridized carbons (Fsp3) is 0.148. The molecule has 0 aliphatic heterocycles. The van der Waals surface area contributed by atoms with Gasteiger partial charge in [0.2, 0.25) is 0 Å². The molecule has 2 N–H and O–H groups in total. The van der Waals surface area contributed by atoms with E-state index in [0.29, 0.717) is 45.5 Å². The zero-order chi connectivity index (χ0) is 28.4. The van der Waals surface area contributed by atoms with E-state index in [-0.39, 0.29) is 11.9 Å². The maximum Gasteiger partial charge on any atom is 0.310 e. The molecule has 5 aromatic rings.